The van der Waals surface area contributed by atoms with Crippen LogP contribution in [0.5, 0.6) is 0 Å². The van der Waals surface area contributed by atoms with Crippen molar-refractivity contribution in [3.63, 3.8) is 0 Å². The molecule has 3 heterocycles. The Bertz CT molecular complexity index is 1710. The number of rotatable bonds is 7. The topological polar surface area (TPSA) is 135 Å². The number of amides is 1. The number of hydrogen-bond donors (Lipinski definition) is 1. The summed E-state index contributed by atoms with van der Waals surface area (Å²) < 4.78 is 11.0. The van der Waals surface area contributed by atoms with Crippen molar-refractivity contribution in [3.05, 3.63) is 111 Å². The Morgan fingerprint density at radius 3 is 2.61 bits per heavy atom. The van der Waals surface area contributed by atoms with Gasteiger partial charge in [-0.3, -0.25) is 14.9 Å². The third-order valence-corrected chi connectivity index (χ3v) is 6.56. The summed E-state index contributed by atoms with van der Waals surface area (Å²) in [5.41, 5.74) is 2.78. The van der Waals surface area contributed by atoms with E-state index >= 15 is 0 Å². The Hall–Kier alpha value is -5.27. The van der Waals surface area contributed by atoms with Crippen molar-refractivity contribution in [2.24, 2.45) is 0 Å². The van der Waals surface area contributed by atoms with Crippen LogP contribution in [0.4, 0.5) is 10.7 Å². The SMILES string of the molecule is Cc1ccc(-c2nc(C(C#N)=Cc3ccc(-c4ccccc4[N+](=O)[O-])o3)sc2NC(=O)c2ccco2)cc1. The fourth-order valence-corrected chi connectivity index (χ4v) is 4.65. The van der Waals surface area contributed by atoms with Gasteiger partial charge >= 0.3 is 0 Å². The van der Waals surface area contributed by atoms with Gasteiger partial charge in [-0.25, -0.2) is 4.98 Å². The maximum Gasteiger partial charge on any atom is 0.292 e. The fourth-order valence-electron chi connectivity index (χ4n) is 3.70. The van der Waals surface area contributed by atoms with Gasteiger partial charge in [0.2, 0.25) is 0 Å². The highest BCUT2D eigenvalue weighted by molar-refractivity contribution is 7.17. The van der Waals surface area contributed by atoms with E-state index in [1.54, 1.807) is 42.5 Å². The first-order chi connectivity index (χ1) is 18.4. The Balaban J connectivity index is 1.52. The molecule has 0 saturated heterocycles. The fraction of sp³-hybridized carbons (Fsp3) is 0.0357. The summed E-state index contributed by atoms with van der Waals surface area (Å²) in [7, 11) is 0. The second kappa shape index (κ2) is 10.4. The zero-order chi connectivity index (χ0) is 26.6. The summed E-state index contributed by atoms with van der Waals surface area (Å²) in [5, 5.41) is 25.0. The third-order valence-electron chi connectivity index (χ3n) is 5.55. The number of nitrogens with one attached hydrogen (secondary N) is 1. The first kappa shape index (κ1) is 24.4. The van der Waals surface area contributed by atoms with E-state index in [9.17, 15) is 20.2 Å². The van der Waals surface area contributed by atoms with Crippen molar-refractivity contribution < 1.29 is 18.6 Å². The third kappa shape index (κ3) is 5.00. The number of nitrogens with zero attached hydrogens (tertiary/aromatic N) is 3. The smallest absolute Gasteiger partial charge is 0.292 e. The van der Waals surface area contributed by atoms with Gasteiger partial charge in [-0.05, 0) is 37.3 Å². The number of hydrogen-bond acceptors (Lipinski definition) is 8. The molecule has 186 valence electrons. The molecule has 10 heteroatoms. The first-order valence-electron chi connectivity index (χ1n) is 11.3. The molecule has 0 radical (unpaired) electrons. The van der Waals surface area contributed by atoms with E-state index in [0.717, 1.165) is 22.5 Å². The number of aryl methyl sites for hydroxylation is 1. The molecule has 2 aromatic carbocycles. The second-order valence-corrected chi connectivity index (χ2v) is 9.14. The summed E-state index contributed by atoms with van der Waals surface area (Å²) in [5.74, 6) is 0.319. The average molecular weight is 523 g/mol. The molecule has 0 bridgehead atoms. The van der Waals surface area contributed by atoms with Crippen LogP contribution in [-0.4, -0.2) is 15.8 Å². The van der Waals surface area contributed by atoms with Gasteiger partial charge in [-0.15, -0.1) is 0 Å². The normalized spacial score (nSPS) is 11.2. The van der Waals surface area contributed by atoms with Crippen LogP contribution in [0.2, 0.25) is 0 Å². The Labute approximate surface area is 220 Å². The van der Waals surface area contributed by atoms with Gasteiger partial charge in [-0.2, -0.15) is 5.26 Å². The van der Waals surface area contributed by atoms with Crippen LogP contribution in [0.25, 0.3) is 34.2 Å². The van der Waals surface area contributed by atoms with Gasteiger partial charge in [0.25, 0.3) is 11.6 Å². The molecule has 9 nitrogen and oxygen atoms in total. The number of nitro benzene ring substituents is 1. The van der Waals surface area contributed by atoms with E-state index in [-0.39, 0.29) is 17.0 Å². The van der Waals surface area contributed by atoms with Crippen molar-refractivity contribution in [2.45, 2.75) is 6.92 Å². The van der Waals surface area contributed by atoms with Crippen LogP contribution in [-0.2, 0) is 0 Å². The van der Waals surface area contributed by atoms with Crippen molar-refractivity contribution in [1.82, 2.24) is 4.98 Å². The molecule has 0 aliphatic heterocycles. The molecule has 0 atom stereocenters. The number of benzene rings is 2. The zero-order valence-corrected chi connectivity index (χ0v) is 20.7. The number of aromatic nitrogens is 1. The van der Waals surface area contributed by atoms with E-state index in [0.29, 0.717) is 32.8 Å². The monoisotopic (exact) mass is 522 g/mol. The maximum atomic E-state index is 12.7. The lowest BCUT2D eigenvalue weighted by molar-refractivity contribution is -0.384. The van der Waals surface area contributed by atoms with E-state index in [4.69, 9.17) is 8.83 Å². The molecule has 0 saturated carbocycles. The highest BCUT2D eigenvalue weighted by Crippen LogP contribution is 2.38. The van der Waals surface area contributed by atoms with Crippen LogP contribution < -0.4 is 5.32 Å². The van der Waals surface area contributed by atoms with Crippen molar-refractivity contribution in [2.75, 3.05) is 5.32 Å². The quantitative estimate of drug-likeness (QED) is 0.136. The molecule has 1 N–H and O–H groups in total. The number of nitriles is 1. The van der Waals surface area contributed by atoms with E-state index in [1.807, 2.05) is 31.2 Å². The summed E-state index contributed by atoms with van der Waals surface area (Å²) in [6.45, 7) is 1.97. The van der Waals surface area contributed by atoms with Crippen molar-refractivity contribution in [1.29, 1.82) is 5.26 Å². The number of carbonyl (C=O) groups is 1. The van der Waals surface area contributed by atoms with E-state index in [1.165, 1.54) is 18.4 Å². The molecule has 0 unspecified atom stereocenters. The minimum absolute atomic E-state index is 0.0857. The van der Waals surface area contributed by atoms with Crippen LogP contribution >= 0.6 is 11.3 Å². The summed E-state index contributed by atoms with van der Waals surface area (Å²) in [6.07, 6.45) is 2.92. The second-order valence-electron chi connectivity index (χ2n) is 8.14. The van der Waals surface area contributed by atoms with Gasteiger partial charge < -0.3 is 14.2 Å². The predicted molar refractivity (Wildman–Crippen MR) is 143 cm³/mol. The number of anilines is 1. The van der Waals surface area contributed by atoms with E-state index < -0.39 is 10.8 Å². The first-order valence-corrected chi connectivity index (χ1v) is 12.1. The Kier molecular flexibility index (Phi) is 6.67. The number of furan rings is 2. The molecule has 0 fully saturated rings. The molecular weight excluding hydrogens is 504 g/mol. The molecule has 3 aromatic heterocycles. The molecule has 5 aromatic rings. The highest BCUT2D eigenvalue weighted by atomic mass is 32.1. The molecule has 0 spiro atoms. The molecular formula is C28H18N4O5S. The summed E-state index contributed by atoms with van der Waals surface area (Å²) in [4.78, 5) is 28.3. The lowest BCUT2D eigenvalue weighted by Gasteiger charge is -2.04. The number of carbonyl (C=O) groups excluding carboxylic acids is 1. The van der Waals surface area contributed by atoms with Crippen LogP contribution in [0.15, 0.2) is 87.9 Å². The molecule has 5 rings (SSSR count). The summed E-state index contributed by atoms with van der Waals surface area (Å²) in [6, 6.07) is 22.4. The maximum absolute atomic E-state index is 12.7. The lowest BCUT2D eigenvalue weighted by Crippen LogP contribution is -2.10. The number of thiazole rings is 1. The minimum Gasteiger partial charge on any atom is -0.459 e. The predicted octanol–water partition coefficient (Wildman–Crippen LogP) is 7.20. The van der Waals surface area contributed by atoms with Gasteiger partial charge in [0.1, 0.15) is 33.3 Å². The molecule has 0 aliphatic carbocycles. The van der Waals surface area contributed by atoms with Crippen molar-refractivity contribution >= 4 is 39.6 Å². The highest BCUT2D eigenvalue weighted by Gasteiger charge is 2.21. The van der Waals surface area contributed by atoms with Crippen LogP contribution in [0.3, 0.4) is 0 Å². The average Bonchev–Trinajstić information content (AvgIpc) is 3.69. The van der Waals surface area contributed by atoms with Gasteiger partial charge in [0.15, 0.2) is 5.76 Å². The molecule has 0 aliphatic rings. The Morgan fingerprint density at radius 1 is 1.11 bits per heavy atom. The van der Waals surface area contributed by atoms with Gasteiger partial charge in [0, 0.05) is 17.7 Å². The summed E-state index contributed by atoms with van der Waals surface area (Å²) >= 11 is 1.14. The standard InChI is InChI=1S/C28H18N4O5S/c1-17-8-10-18(11-9-17)25-28(31-26(33)24-7-4-14-36-24)38-27(30-25)19(16-29)15-20-12-13-23(37-20)21-5-2-3-6-22(21)32(34)35/h2-15H,1H3,(H,31,33). The molecule has 38 heavy (non-hydrogen) atoms. The largest absolute Gasteiger partial charge is 0.459 e. The lowest BCUT2D eigenvalue weighted by atomic mass is 10.1. The zero-order valence-electron chi connectivity index (χ0n) is 19.9. The minimum atomic E-state index is -0.477. The number of allylic oxidation sites excluding steroid dienone is 1. The number of para-hydroxylation sites is 1. The molecule has 1 amide bonds. The van der Waals surface area contributed by atoms with Gasteiger partial charge in [0.05, 0.1) is 22.3 Å². The van der Waals surface area contributed by atoms with Crippen LogP contribution in [0.1, 0.15) is 26.9 Å². The van der Waals surface area contributed by atoms with Crippen molar-refractivity contribution in [3.8, 4) is 28.7 Å². The Morgan fingerprint density at radius 2 is 1.89 bits per heavy atom. The number of nitro groups is 1. The van der Waals surface area contributed by atoms with E-state index in [2.05, 4.69) is 16.4 Å². The van der Waals surface area contributed by atoms with Crippen LogP contribution in [0, 0.1) is 28.4 Å². The van der Waals surface area contributed by atoms with Gasteiger partial charge in [-0.1, -0.05) is 53.3 Å².